The maximum atomic E-state index is 10.4. The summed E-state index contributed by atoms with van der Waals surface area (Å²) in [7, 11) is 0. The molecule has 0 heterocycles. The molecule has 0 unspecified atom stereocenters. The molecular formula is C5H8O2Sn. The van der Waals surface area contributed by atoms with Gasteiger partial charge < -0.3 is 0 Å². The average Bonchev–Trinajstić information content (AvgIpc) is 1.68. The average molecular weight is 219 g/mol. The Morgan fingerprint density at radius 1 is 1.88 bits per heavy atom. The van der Waals surface area contributed by atoms with Gasteiger partial charge in [0.1, 0.15) is 0 Å². The van der Waals surface area contributed by atoms with E-state index in [-0.39, 0.29) is 5.97 Å². The van der Waals surface area contributed by atoms with Gasteiger partial charge in [0.05, 0.1) is 0 Å². The van der Waals surface area contributed by atoms with Crippen molar-refractivity contribution in [1.29, 1.82) is 0 Å². The van der Waals surface area contributed by atoms with E-state index in [1.165, 1.54) is 22.1 Å². The minimum absolute atomic E-state index is 0.121. The van der Waals surface area contributed by atoms with Crippen molar-refractivity contribution in [3.05, 3.63) is 0 Å². The van der Waals surface area contributed by atoms with Gasteiger partial charge in [-0.3, -0.25) is 0 Å². The molecule has 0 amide bonds. The molecule has 0 saturated carbocycles. The quantitative estimate of drug-likeness (QED) is 0.489. The van der Waals surface area contributed by atoms with Gasteiger partial charge in [0, 0.05) is 0 Å². The van der Waals surface area contributed by atoms with Crippen LogP contribution in [0.2, 0.25) is 0 Å². The van der Waals surface area contributed by atoms with Crippen molar-refractivity contribution in [2.24, 2.45) is 0 Å². The maximum absolute atomic E-state index is 10.4. The van der Waals surface area contributed by atoms with Gasteiger partial charge in [-0.05, 0) is 0 Å². The van der Waals surface area contributed by atoms with Crippen molar-refractivity contribution in [2.45, 2.75) is 13.3 Å². The van der Waals surface area contributed by atoms with Crippen LogP contribution in [0, 0.1) is 0 Å². The summed E-state index contributed by atoms with van der Waals surface area (Å²) in [5.41, 5.74) is 0. The SMILES string of the molecule is CCOC(=O)C[CH]=[Sn]. The number of hydrogen-bond donors (Lipinski definition) is 0. The van der Waals surface area contributed by atoms with E-state index in [1.54, 1.807) is 6.92 Å². The standard InChI is InChI=1S/C5H8O2.Sn/c1-3-5(6)7-4-2;/h1H,3-4H2,2H3;. The Balaban J connectivity index is 3.18. The van der Waals surface area contributed by atoms with E-state index in [9.17, 15) is 4.79 Å². The summed E-state index contributed by atoms with van der Waals surface area (Å²) in [6.45, 7) is 2.30. The second-order valence-electron chi connectivity index (χ2n) is 1.21. The van der Waals surface area contributed by atoms with Crippen molar-refractivity contribution in [3.8, 4) is 0 Å². The first-order valence-corrected chi connectivity index (χ1v) is 4.10. The topological polar surface area (TPSA) is 26.3 Å². The van der Waals surface area contributed by atoms with Crippen LogP contribution in [0.5, 0.6) is 0 Å². The van der Waals surface area contributed by atoms with Crippen LogP contribution >= 0.6 is 0 Å². The summed E-state index contributed by atoms with van der Waals surface area (Å²) in [6, 6.07) is 0. The Hall–Kier alpha value is 0.139. The molecule has 0 fully saturated rings. The normalized spacial score (nSPS) is 8.12. The Kier molecular flexibility index (Phi) is 5.37. The van der Waals surface area contributed by atoms with Gasteiger partial charge in [0.15, 0.2) is 0 Å². The van der Waals surface area contributed by atoms with E-state index in [1.807, 2.05) is 4.02 Å². The van der Waals surface area contributed by atoms with Gasteiger partial charge in [-0.15, -0.1) is 0 Å². The van der Waals surface area contributed by atoms with Crippen LogP contribution in [0.1, 0.15) is 13.3 Å². The van der Waals surface area contributed by atoms with E-state index in [0.29, 0.717) is 13.0 Å². The molecule has 0 aliphatic heterocycles. The summed E-state index contributed by atoms with van der Waals surface area (Å²) >= 11 is 1.27. The van der Waals surface area contributed by atoms with Gasteiger partial charge in [-0.2, -0.15) is 0 Å². The van der Waals surface area contributed by atoms with Crippen LogP contribution in [-0.4, -0.2) is 38.6 Å². The number of carbonyl (C=O) groups excluding carboxylic acids is 1. The number of carbonyl (C=O) groups is 1. The third-order valence-corrected chi connectivity index (χ3v) is 1.16. The van der Waals surface area contributed by atoms with Gasteiger partial charge in [0.25, 0.3) is 0 Å². The molecule has 0 atom stereocenters. The molecule has 2 nitrogen and oxygen atoms in total. The second-order valence-corrected chi connectivity index (χ2v) is 2.38. The van der Waals surface area contributed by atoms with Crippen molar-refractivity contribution >= 4 is 32.0 Å². The summed E-state index contributed by atoms with van der Waals surface area (Å²) in [5, 5.41) is 0. The van der Waals surface area contributed by atoms with Crippen LogP contribution in [0.15, 0.2) is 0 Å². The zero-order valence-electron chi connectivity index (χ0n) is 4.81. The van der Waals surface area contributed by atoms with E-state index in [0.717, 1.165) is 0 Å². The second kappa shape index (κ2) is 5.28. The van der Waals surface area contributed by atoms with Crippen LogP contribution in [0.3, 0.4) is 0 Å². The van der Waals surface area contributed by atoms with E-state index in [4.69, 9.17) is 0 Å². The Labute approximate surface area is 61.8 Å². The Bertz CT molecular complexity index is 90.4. The number of esters is 1. The molecule has 0 spiro atoms. The summed E-state index contributed by atoms with van der Waals surface area (Å²) in [5.74, 6) is -0.121. The van der Waals surface area contributed by atoms with Crippen LogP contribution in [0.4, 0.5) is 0 Å². The molecule has 0 aliphatic rings. The third kappa shape index (κ3) is 4.30. The molecule has 0 aliphatic carbocycles. The first-order valence-electron chi connectivity index (χ1n) is 2.45. The van der Waals surface area contributed by atoms with Crippen molar-refractivity contribution < 1.29 is 9.53 Å². The molecule has 0 rings (SSSR count). The molecule has 0 aromatic heterocycles. The third-order valence-electron chi connectivity index (χ3n) is 0.574. The zero-order chi connectivity index (χ0) is 6.41. The summed E-state index contributed by atoms with van der Waals surface area (Å²) < 4.78 is 6.49. The van der Waals surface area contributed by atoms with E-state index < -0.39 is 0 Å². The summed E-state index contributed by atoms with van der Waals surface area (Å²) in [4.78, 5) is 10.4. The molecule has 3 heteroatoms. The first-order chi connectivity index (χ1) is 3.81. The predicted molar refractivity (Wildman–Crippen MR) is 33.1 cm³/mol. The molecule has 8 heavy (non-hydrogen) atoms. The van der Waals surface area contributed by atoms with Crippen LogP contribution in [0.25, 0.3) is 0 Å². The van der Waals surface area contributed by atoms with E-state index in [2.05, 4.69) is 4.74 Å². The van der Waals surface area contributed by atoms with Gasteiger partial charge in [-0.25, -0.2) is 0 Å². The predicted octanol–water partition coefficient (Wildman–Crippen LogP) is -0.0897. The number of hydrogen-bond acceptors (Lipinski definition) is 2. The van der Waals surface area contributed by atoms with Crippen LogP contribution in [-0.2, 0) is 9.53 Å². The first kappa shape index (κ1) is 8.14. The molecule has 0 N–H and O–H groups in total. The van der Waals surface area contributed by atoms with Gasteiger partial charge in [0.2, 0.25) is 0 Å². The van der Waals surface area contributed by atoms with Crippen molar-refractivity contribution in [2.75, 3.05) is 6.61 Å². The summed E-state index contributed by atoms with van der Waals surface area (Å²) in [6.07, 6.45) is 0.464. The van der Waals surface area contributed by atoms with Gasteiger partial charge in [-0.1, -0.05) is 0 Å². The fraction of sp³-hybridized carbons (Fsp3) is 0.600. The number of rotatable bonds is 3. The molecule has 44 valence electrons. The van der Waals surface area contributed by atoms with Gasteiger partial charge >= 0.3 is 61.5 Å². The van der Waals surface area contributed by atoms with Crippen molar-refractivity contribution in [3.63, 3.8) is 0 Å². The number of ether oxygens (including phenoxy) is 1. The molecule has 0 aromatic rings. The molecule has 0 aromatic carbocycles. The molecular weight excluding hydrogens is 211 g/mol. The van der Waals surface area contributed by atoms with E-state index >= 15 is 0 Å². The monoisotopic (exact) mass is 220 g/mol. The molecule has 0 bridgehead atoms. The Morgan fingerprint density at radius 3 is 2.88 bits per heavy atom. The zero-order valence-corrected chi connectivity index (χ0v) is 7.66. The Morgan fingerprint density at radius 2 is 2.50 bits per heavy atom. The fourth-order valence-corrected chi connectivity index (χ4v) is 0.779. The molecule has 2 radical (unpaired) electrons. The molecule has 0 saturated heterocycles. The van der Waals surface area contributed by atoms with Crippen molar-refractivity contribution in [1.82, 2.24) is 0 Å². The fourth-order valence-electron chi connectivity index (χ4n) is 0.303. The minimum atomic E-state index is -0.121. The van der Waals surface area contributed by atoms with Crippen LogP contribution < -0.4 is 0 Å².